The van der Waals surface area contributed by atoms with E-state index in [-0.39, 0.29) is 17.6 Å². The molecule has 0 aliphatic rings. The Morgan fingerprint density at radius 2 is 1.63 bits per heavy atom. The lowest BCUT2D eigenvalue weighted by atomic mass is 9.96. The molecular weight excluding hydrogens is 341 g/mol. The van der Waals surface area contributed by atoms with Crippen LogP contribution >= 0.6 is 0 Å². The Bertz CT molecular complexity index is 1080. The molecule has 2 aromatic heterocycles. The van der Waals surface area contributed by atoms with Gasteiger partial charge < -0.3 is 10.4 Å². The lowest BCUT2D eigenvalue weighted by Crippen LogP contribution is -2.13. The van der Waals surface area contributed by atoms with Crippen LogP contribution in [0.5, 0.6) is 5.75 Å². The molecule has 2 aromatic carbocycles. The first kappa shape index (κ1) is 17.0. The van der Waals surface area contributed by atoms with E-state index >= 15 is 0 Å². The molecule has 0 fully saturated rings. The highest BCUT2D eigenvalue weighted by atomic mass is 19.1. The number of hydrogen-bond donors (Lipinski definition) is 2. The van der Waals surface area contributed by atoms with Gasteiger partial charge in [0.05, 0.1) is 6.04 Å². The lowest BCUT2D eigenvalue weighted by molar-refractivity contribution is 0.471. The summed E-state index contributed by atoms with van der Waals surface area (Å²) in [5, 5.41) is 15.2. The number of nitrogens with one attached hydrogen (secondary N) is 1. The molecule has 2 N–H and O–H groups in total. The summed E-state index contributed by atoms with van der Waals surface area (Å²) in [5.74, 6) is -0.165. The first-order valence-electron chi connectivity index (χ1n) is 8.63. The smallest absolute Gasteiger partial charge is 0.147 e. The molecule has 1 unspecified atom stereocenters. The van der Waals surface area contributed by atoms with Crippen LogP contribution in [0, 0.1) is 12.7 Å². The van der Waals surface area contributed by atoms with Gasteiger partial charge in [-0.05, 0) is 55.0 Å². The molecule has 1 atom stereocenters. The average molecular weight is 359 g/mol. The standard InChI is InChI=1S/C22H18FN3O/c1-14-2-3-15-4-9-19(22(27)21(15)25-14)20(16-10-12-24-13-11-16)26-18-7-5-17(23)6-8-18/h2-13,20,26-27H,1H3. The second-order valence-electron chi connectivity index (χ2n) is 6.39. The predicted octanol–water partition coefficient (Wildman–Crippen LogP) is 4.98. The summed E-state index contributed by atoms with van der Waals surface area (Å²) >= 11 is 0. The van der Waals surface area contributed by atoms with E-state index in [0.717, 1.165) is 22.3 Å². The molecular formula is C22H18FN3O. The summed E-state index contributed by atoms with van der Waals surface area (Å²) in [6.07, 6.45) is 3.41. The maximum atomic E-state index is 13.3. The van der Waals surface area contributed by atoms with E-state index in [1.807, 2.05) is 43.3 Å². The minimum atomic E-state index is -0.342. The molecule has 0 saturated heterocycles. The number of phenols is 1. The molecule has 0 saturated carbocycles. The molecule has 2 heterocycles. The zero-order valence-electron chi connectivity index (χ0n) is 14.7. The van der Waals surface area contributed by atoms with E-state index in [1.165, 1.54) is 12.1 Å². The van der Waals surface area contributed by atoms with E-state index in [9.17, 15) is 9.50 Å². The molecule has 0 aliphatic carbocycles. The second-order valence-corrected chi connectivity index (χ2v) is 6.39. The van der Waals surface area contributed by atoms with Crippen LogP contribution in [-0.2, 0) is 0 Å². The first-order valence-corrected chi connectivity index (χ1v) is 8.63. The number of halogens is 1. The molecule has 134 valence electrons. The number of rotatable bonds is 4. The highest BCUT2D eigenvalue weighted by molar-refractivity contribution is 5.86. The van der Waals surface area contributed by atoms with Crippen molar-refractivity contribution in [2.45, 2.75) is 13.0 Å². The topological polar surface area (TPSA) is 58.0 Å². The van der Waals surface area contributed by atoms with Gasteiger partial charge in [0.25, 0.3) is 0 Å². The Kier molecular flexibility index (Phi) is 4.42. The van der Waals surface area contributed by atoms with Crippen LogP contribution in [0.1, 0.15) is 22.9 Å². The maximum absolute atomic E-state index is 13.3. The Labute approximate surface area is 156 Å². The molecule has 4 aromatic rings. The van der Waals surface area contributed by atoms with Crippen molar-refractivity contribution in [3.05, 3.63) is 95.7 Å². The lowest BCUT2D eigenvalue weighted by Gasteiger charge is -2.22. The van der Waals surface area contributed by atoms with Gasteiger partial charge in [0, 0.05) is 34.7 Å². The zero-order valence-corrected chi connectivity index (χ0v) is 14.7. The zero-order chi connectivity index (χ0) is 18.8. The minimum Gasteiger partial charge on any atom is -0.505 e. The Balaban J connectivity index is 1.84. The number of aromatic hydroxyl groups is 1. The van der Waals surface area contributed by atoms with Gasteiger partial charge in [-0.1, -0.05) is 18.2 Å². The van der Waals surface area contributed by atoms with Crippen molar-refractivity contribution < 1.29 is 9.50 Å². The summed E-state index contributed by atoms with van der Waals surface area (Å²) in [7, 11) is 0. The second kappa shape index (κ2) is 7.03. The summed E-state index contributed by atoms with van der Waals surface area (Å²) in [6.45, 7) is 1.89. The van der Waals surface area contributed by atoms with E-state index in [4.69, 9.17) is 0 Å². The van der Waals surface area contributed by atoms with E-state index in [0.29, 0.717) is 11.1 Å². The number of benzene rings is 2. The largest absolute Gasteiger partial charge is 0.505 e. The fourth-order valence-corrected chi connectivity index (χ4v) is 3.13. The number of pyridine rings is 2. The van der Waals surface area contributed by atoms with Crippen LogP contribution in [0.4, 0.5) is 10.1 Å². The van der Waals surface area contributed by atoms with Gasteiger partial charge in [-0.2, -0.15) is 0 Å². The van der Waals surface area contributed by atoms with Crippen molar-refractivity contribution in [1.82, 2.24) is 9.97 Å². The molecule has 27 heavy (non-hydrogen) atoms. The van der Waals surface area contributed by atoms with E-state index < -0.39 is 0 Å². The van der Waals surface area contributed by atoms with Gasteiger partial charge in [-0.25, -0.2) is 9.37 Å². The van der Waals surface area contributed by atoms with Crippen LogP contribution in [-0.4, -0.2) is 15.1 Å². The third-order valence-electron chi connectivity index (χ3n) is 4.51. The molecule has 0 bridgehead atoms. The van der Waals surface area contributed by atoms with Crippen LogP contribution in [0.25, 0.3) is 10.9 Å². The van der Waals surface area contributed by atoms with Crippen LogP contribution in [0.2, 0.25) is 0 Å². The minimum absolute atomic E-state index is 0.132. The molecule has 0 aliphatic heterocycles. The Morgan fingerprint density at radius 3 is 2.37 bits per heavy atom. The maximum Gasteiger partial charge on any atom is 0.147 e. The van der Waals surface area contributed by atoms with Crippen molar-refractivity contribution in [2.24, 2.45) is 0 Å². The van der Waals surface area contributed by atoms with Crippen molar-refractivity contribution in [3.8, 4) is 5.75 Å². The van der Waals surface area contributed by atoms with Crippen molar-refractivity contribution in [2.75, 3.05) is 5.32 Å². The van der Waals surface area contributed by atoms with Crippen LogP contribution < -0.4 is 5.32 Å². The third kappa shape index (κ3) is 3.44. The van der Waals surface area contributed by atoms with Crippen LogP contribution in [0.15, 0.2) is 73.1 Å². The summed E-state index contributed by atoms with van der Waals surface area (Å²) in [4.78, 5) is 8.56. The normalized spacial score (nSPS) is 12.1. The van der Waals surface area contributed by atoms with E-state index in [1.54, 1.807) is 24.5 Å². The van der Waals surface area contributed by atoms with Gasteiger partial charge >= 0.3 is 0 Å². The third-order valence-corrected chi connectivity index (χ3v) is 4.51. The molecule has 4 nitrogen and oxygen atoms in total. The van der Waals surface area contributed by atoms with Gasteiger partial charge in [0.2, 0.25) is 0 Å². The van der Waals surface area contributed by atoms with Crippen molar-refractivity contribution in [1.29, 1.82) is 0 Å². The number of nitrogens with zero attached hydrogens (tertiary/aromatic N) is 2. The van der Waals surface area contributed by atoms with Crippen molar-refractivity contribution >= 4 is 16.6 Å². The quantitative estimate of drug-likeness (QED) is 0.539. The SMILES string of the molecule is Cc1ccc2ccc(C(Nc3ccc(F)cc3)c3ccncc3)c(O)c2n1. The fourth-order valence-electron chi connectivity index (χ4n) is 3.13. The molecule has 0 amide bonds. The van der Waals surface area contributed by atoms with Gasteiger partial charge in [0.1, 0.15) is 17.1 Å². The summed E-state index contributed by atoms with van der Waals surface area (Å²) in [5.41, 5.74) is 3.76. The highest BCUT2D eigenvalue weighted by Gasteiger charge is 2.20. The van der Waals surface area contributed by atoms with Gasteiger partial charge in [-0.3, -0.25) is 4.98 Å². The number of aryl methyl sites for hydroxylation is 1. The monoisotopic (exact) mass is 359 g/mol. The average Bonchev–Trinajstić information content (AvgIpc) is 2.69. The molecule has 5 heteroatoms. The predicted molar refractivity (Wildman–Crippen MR) is 104 cm³/mol. The fraction of sp³-hybridized carbons (Fsp3) is 0.0909. The molecule has 0 radical (unpaired) electrons. The van der Waals surface area contributed by atoms with E-state index in [2.05, 4.69) is 15.3 Å². The summed E-state index contributed by atoms with van der Waals surface area (Å²) < 4.78 is 13.3. The summed E-state index contributed by atoms with van der Waals surface area (Å²) in [6, 6.07) is 17.2. The van der Waals surface area contributed by atoms with Gasteiger partial charge in [-0.15, -0.1) is 0 Å². The Morgan fingerprint density at radius 1 is 0.926 bits per heavy atom. The first-order chi connectivity index (χ1) is 13.1. The molecule has 4 rings (SSSR count). The number of hydrogen-bond acceptors (Lipinski definition) is 4. The number of aromatic nitrogens is 2. The Hall–Kier alpha value is -3.47. The van der Waals surface area contributed by atoms with Gasteiger partial charge in [0.15, 0.2) is 0 Å². The highest BCUT2D eigenvalue weighted by Crippen LogP contribution is 2.36. The molecule has 0 spiro atoms. The number of fused-ring (bicyclic) bond motifs is 1. The van der Waals surface area contributed by atoms with Crippen LogP contribution in [0.3, 0.4) is 0 Å². The number of anilines is 1. The number of phenolic OH excluding ortho intramolecular Hbond substituents is 1. The van der Waals surface area contributed by atoms with Crippen molar-refractivity contribution in [3.63, 3.8) is 0 Å².